The van der Waals surface area contributed by atoms with Crippen LogP contribution in [0.4, 0.5) is 0 Å². The van der Waals surface area contributed by atoms with Crippen molar-refractivity contribution >= 4 is 22.9 Å². The molecule has 0 fully saturated rings. The number of hydrogen-bond donors (Lipinski definition) is 0. The average molecular weight is 234 g/mol. The number of aryl methyl sites for hydroxylation is 1. The van der Waals surface area contributed by atoms with Crippen molar-refractivity contribution in [3.8, 4) is 0 Å². The average Bonchev–Trinajstić information content (AvgIpc) is 2.82. The van der Waals surface area contributed by atoms with Gasteiger partial charge in [-0.2, -0.15) is 0 Å². The first-order valence-corrected chi connectivity index (χ1v) is 6.04. The van der Waals surface area contributed by atoms with Gasteiger partial charge in [-0.15, -0.1) is 0 Å². The van der Waals surface area contributed by atoms with E-state index in [9.17, 15) is 0 Å². The lowest BCUT2D eigenvalue weighted by Gasteiger charge is -1.98. The molecule has 1 nitrogen and oxygen atoms in total. The van der Waals surface area contributed by atoms with Crippen LogP contribution in [0.25, 0.3) is 22.9 Å². The smallest absolute Gasteiger partial charge is 0.127 e. The van der Waals surface area contributed by atoms with E-state index in [1.165, 1.54) is 16.3 Å². The molecule has 3 rings (SSSR count). The molecule has 0 aliphatic heterocycles. The van der Waals surface area contributed by atoms with Gasteiger partial charge >= 0.3 is 0 Å². The fourth-order valence-corrected chi connectivity index (χ4v) is 2.03. The number of hydrogen-bond acceptors (Lipinski definition) is 1. The van der Waals surface area contributed by atoms with Gasteiger partial charge in [0.15, 0.2) is 0 Å². The Morgan fingerprint density at radius 3 is 2.44 bits per heavy atom. The second kappa shape index (κ2) is 4.53. The summed E-state index contributed by atoms with van der Waals surface area (Å²) in [5.74, 6) is 1.83. The zero-order valence-corrected chi connectivity index (χ0v) is 10.3. The number of fused-ring (bicyclic) bond motifs is 1. The monoisotopic (exact) mass is 234 g/mol. The van der Waals surface area contributed by atoms with E-state index in [0.29, 0.717) is 0 Å². The van der Waals surface area contributed by atoms with Gasteiger partial charge in [-0.05, 0) is 47.5 Å². The molecule has 0 spiro atoms. The highest BCUT2D eigenvalue weighted by atomic mass is 16.3. The van der Waals surface area contributed by atoms with E-state index in [1.807, 2.05) is 25.1 Å². The van der Waals surface area contributed by atoms with Crippen LogP contribution in [0.3, 0.4) is 0 Å². The normalized spacial score (nSPS) is 11.4. The fraction of sp³-hybridized carbons (Fsp3) is 0.0588. The zero-order valence-electron chi connectivity index (χ0n) is 10.3. The minimum Gasteiger partial charge on any atom is -0.462 e. The Labute approximate surface area is 106 Å². The third kappa shape index (κ3) is 2.21. The molecule has 0 unspecified atom stereocenters. The Morgan fingerprint density at radius 2 is 1.67 bits per heavy atom. The minimum absolute atomic E-state index is 0.889. The Bertz CT molecular complexity index is 704. The molecule has 0 radical (unpaired) electrons. The van der Waals surface area contributed by atoms with Crippen LogP contribution in [0.2, 0.25) is 0 Å². The lowest BCUT2D eigenvalue weighted by Crippen LogP contribution is -1.74. The molecule has 1 aromatic heterocycles. The molecule has 2 aromatic carbocycles. The van der Waals surface area contributed by atoms with Crippen LogP contribution in [-0.2, 0) is 0 Å². The van der Waals surface area contributed by atoms with Gasteiger partial charge in [-0.25, -0.2) is 0 Å². The largest absolute Gasteiger partial charge is 0.462 e. The van der Waals surface area contributed by atoms with E-state index in [4.69, 9.17) is 4.42 Å². The van der Waals surface area contributed by atoms with E-state index in [-0.39, 0.29) is 0 Å². The van der Waals surface area contributed by atoms with Crippen molar-refractivity contribution in [2.45, 2.75) is 6.92 Å². The van der Waals surface area contributed by atoms with E-state index in [2.05, 4.69) is 48.5 Å². The SMILES string of the molecule is Cc1ccc(/C=C\c2ccc3ccccc3c2)o1. The molecular formula is C17H14O. The second-order valence-corrected chi connectivity index (χ2v) is 4.39. The zero-order chi connectivity index (χ0) is 12.4. The molecule has 0 N–H and O–H groups in total. The van der Waals surface area contributed by atoms with Gasteiger partial charge in [0, 0.05) is 0 Å². The third-order valence-corrected chi connectivity index (χ3v) is 2.97. The van der Waals surface area contributed by atoms with Crippen molar-refractivity contribution in [1.29, 1.82) is 0 Å². The van der Waals surface area contributed by atoms with Crippen molar-refractivity contribution in [1.82, 2.24) is 0 Å². The maximum absolute atomic E-state index is 5.51. The minimum atomic E-state index is 0.889. The molecule has 0 bridgehead atoms. The van der Waals surface area contributed by atoms with Crippen LogP contribution in [0.15, 0.2) is 59.0 Å². The van der Waals surface area contributed by atoms with Crippen LogP contribution < -0.4 is 0 Å². The van der Waals surface area contributed by atoms with E-state index in [0.717, 1.165) is 11.5 Å². The van der Waals surface area contributed by atoms with Crippen LogP contribution in [0, 0.1) is 6.92 Å². The molecule has 18 heavy (non-hydrogen) atoms. The van der Waals surface area contributed by atoms with Crippen molar-refractivity contribution in [2.75, 3.05) is 0 Å². The molecule has 0 aliphatic rings. The fourth-order valence-electron chi connectivity index (χ4n) is 2.03. The van der Waals surface area contributed by atoms with Crippen molar-refractivity contribution in [3.63, 3.8) is 0 Å². The van der Waals surface area contributed by atoms with Crippen LogP contribution in [0.5, 0.6) is 0 Å². The predicted octanol–water partition coefficient (Wildman–Crippen LogP) is 4.91. The van der Waals surface area contributed by atoms with Crippen molar-refractivity contribution in [3.05, 3.63) is 71.7 Å². The Kier molecular flexibility index (Phi) is 2.73. The predicted molar refractivity (Wildman–Crippen MR) is 76.3 cm³/mol. The van der Waals surface area contributed by atoms with Gasteiger partial charge in [0.1, 0.15) is 11.5 Å². The number of furan rings is 1. The highest BCUT2D eigenvalue weighted by Gasteiger charge is 1.95. The van der Waals surface area contributed by atoms with Gasteiger partial charge in [0.2, 0.25) is 0 Å². The topological polar surface area (TPSA) is 13.1 Å². The molecule has 0 saturated heterocycles. The molecular weight excluding hydrogens is 220 g/mol. The van der Waals surface area contributed by atoms with Gasteiger partial charge in [-0.3, -0.25) is 0 Å². The Hall–Kier alpha value is -2.28. The van der Waals surface area contributed by atoms with Crippen LogP contribution >= 0.6 is 0 Å². The molecule has 0 aliphatic carbocycles. The lowest BCUT2D eigenvalue weighted by molar-refractivity contribution is 0.525. The summed E-state index contributed by atoms with van der Waals surface area (Å²) in [7, 11) is 0. The summed E-state index contributed by atoms with van der Waals surface area (Å²) in [4.78, 5) is 0. The highest BCUT2D eigenvalue weighted by molar-refractivity contribution is 5.85. The molecule has 0 saturated carbocycles. The summed E-state index contributed by atoms with van der Waals surface area (Å²) < 4.78 is 5.51. The molecule has 1 heteroatoms. The summed E-state index contributed by atoms with van der Waals surface area (Å²) in [6.07, 6.45) is 4.07. The van der Waals surface area contributed by atoms with E-state index < -0.39 is 0 Å². The molecule has 0 atom stereocenters. The second-order valence-electron chi connectivity index (χ2n) is 4.39. The maximum Gasteiger partial charge on any atom is 0.127 e. The lowest BCUT2D eigenvalue weighted by atomic mass is 10.1. The first kappa shape index (κ1) is 10.8. The van der Waals surface area contributed by atoms with Gasteiger partial charge < -0.3 is 4.42 Å². The summed E-state index contributed by atoms with van der Waals surface area (Å²) in [5.41, 5.74) is 1.18. The Morgan fingerprint density at radius 1 is 0.833 bits per heavy atom. The van der Waals surface area contributed by atoms with Crippen LogP contribution in [0.1, 0.15) is 17.1 Å². The van der Waals surface area contributed by atoms with Gasteiger partial charge in [0.25, 0.3) is 0 Å². The van der Waals surface area contributed by atoms with E-state index in [1.54, 1.807) is 0 Å². The maximum atomic E-state index is 5.51. The third-order valence-electron chi connectivity index (χ3n) is 2.97. The summed E-state index contributed by atoms with van der Waals surface area (Å²) in [6.45, 7) is 1.95. The first-order valence-electron chi connectivity index (χ1n) is 6.04. The van der Waals surface area contributed by atoms with Gasteiger partial charge in [-0.1, -0.05) is 42.5 Å². The first-order chi connectivity index (χ1) is 8.81. The quantitative estimate of drug-likeness (QED) is 0.614. The number of rotatable bonds is 2. The molecule has 1 heterocycles. The van der Waals surface area contributed by atoms with Crippen molar-refractivity contribution < 1.29 is 4.42 Å². The summed E-state index contributed by atoms with van der Waals surface area (Å²) in [5, 5.41) is 2.53. The van der Waals surface area contributed by atoms with Gasteiger partial charge in [0.05, 0.1) is 0 Å². The molecule has 0 amide bonds. The Balaban J connectivity index is 1.93. The highest BCUT2D eigenvalue weighted by Crippen LogP contribution is 2.17. The van der Waals surface area contributed by atoms with E-state index >= 15 is 0 Å². The van der Waals surface area contributed by atoms with Crippen LogP contribution in [-0.4, -0.2) is 0 Å². The molecule has 88 valence electrons. The number of benzene rings is 2. The summed E-state index contributed by atoms with van der Waals surface area (Å²) >= 11 is 0. The standard InChI is InChI=1S/C17H14O/c1-13-6-10-17(18-13)11-8-14-7-9-15-4-2-3-5-16(15)12-14/h2-12H,1H3/b11-8-. The van der Waals surface area contributed by atoms with Crippen molar-refractivity contribution in [2.24, 2.45) is 0 Å². The summed E-state index contributed by atoms with van der Waals surface area (Å²) in [6, 6.07) is 18.8. The molecule has 3 aromatic rings.